The highest BCUT2D eigenvalue weighted by atomic mass is 16.2. The van der Waals surface area contributed by atoms with Crippen LogP contribution in [0.2, 0.25) is 0 Å². The molecule has 1 saturated carbocycles. The van der Waals surface area contributed by atoms with Crippen LogP contribution in [-0.2, 0) is 11.3 Å². The minimum atomic E-state index is -0.830. The monoisotopic (exact) mass is 395 g/mol. The molecule has 0 atom stereocenters. The molecule has 1 aliphatic carbocycles. The zero-order valence-corrected chi connectivity index (χ0v) is 16.8. The molecule has 1 N–H and O–H groups in total. The molecule has 7 nitrogen and oxygen atoms in total. The van der Waals surface area contributed by atoms with Crippen LogP contribution in [0.4, 0.5) is 0 Å². The normalized spacial score (nSPS) is 15.4. The Hall–Kier alpha value is -2.96. The maximum Gasteiger partial charge on any atom is 0.256 e. The van der Waals surface area contributed by atoms with Crippen LogP contribution in [0, 0.1) is 0 Å². The van der Waals surface area contributed by atoms with E-state index in [2.05, 4.69) is 21.9 Å². The zero-order chi connectivity index (χ0) is 20.5. The van der Waals surface area contributed by atoms with E-state index in [1.165, 1.54) is 0 Å². The smallest absolute Gasteiger partial charge is 0.256 e. The van der Waals surface area contributed by atoms with Crippen molar-refractivity contribution < 1.29 is 9.59 Å². The number of amides is 2. The number of aromatic nitrogens is 3. The molecule has 0 unspecified atom stereocenters. The summed E-state index contributed by atoms with van der Waals surface area (Å²) in [5.41, 5.74) is -0.319. The molecule has 3 rings (SSSR count). The fraction of sp³-hybridized carbons (Fsp3) is 0.455. The van der Waals surface area contributed by atoms with Gasteiger partial charge >= 0.3 is 0 Å². The van der Waals surface area contributed by atoms with Crippen LogP contribution in [0.3, 0.4) is 0 Å². The molecule has 0 radical (unpaired) electrons. The second-order valence-electron chi connectivity index (χ2n) is 7.44. The molecule has 154 valence electrons. The van der Waals surface area contributed by atoms with Gasteiger partial charge in [-0.15, -0.1) is 6.58 Å². The maximum absolute atomic E-state index is 13.5. The van der Waals surface area contributed by atoms with Gasteiger partial charge in [0, 0.05) is 44.4 Å². The number of pyridine rings is 1. The van der Waals surface area contributed by atoms with Crippen LogP contribution in [0.1, 0.15) is 48.9 Å². The number of nitrogens with one attached hydrogen (secondary N) is 1. The van der Waals surface area contributed by atoms with Crippen LogP contribution >= 0.6 is 0 Å². The molecule has 0 saturated heterocycles. The van der Waals surface area contributed by atoms with Gasteiger partial charge in [-0.1, -0.05) is 25.3 Å². The first kappa shape index (κ1) is 20.8. The number of nitrogens with zero attached hydrogens (tertiary/aromatic N) is 4. The molecule has 2 aromatic heterocycles. The molecule has 2 aromatic rings. The van der Waals surface area contributed by atoms with Gasteiger partial charge in [0.2, 0.25) is 5.91 Å². The molecule has 2 heterocycles. The summed E-state index contributed by atoms with van der Waals surface area (Å²) in [5, 5.41) is 2.95. The first-order valence-corrected chi connectivity index (χ1v) is 10.2. The Morgan fingerprint density at radius 1 is 1.24 bits per heavy atom. The molecule has 7 heteroatoms. The standard InChI is InChI=1S/C22H29N5O2/c1-2-11-25-21(29)22(9-4-3-5-10-22)27(15-7-14-26-16-13-24-18-26)20(28)19-8-6-12-23-17-19/h2,6,8,12-13,16-18H,1,3-5,7,9-11,14-15H2,(H,25,29). The van der Waals surface area contributed by atoms with Gasteiger partial charge in [0.25, 0.3) is 5.91 Å². The summed E-state index contributed by atoms with van der Waals surface area (Å²) in [5.74, 6) is -0.226. The lowest BCUT2D eigenvalue weighted by molar-refractivity contribution is -0.134. The Kier molecular flexibility index (Phi) is 7.16. The number of hydrogen-bond acceptors (Lipinski definition) is 4. The summed E-state index contributed by atoms with van der Waals surface area (Å²) in [7, 11) is 0. The van der Waals surface area contributed by atoms with Crippen molar-refractivity contribution in [3.63, 3.8) is 0 Å². The van der Waals surface area contributed by atoms with Gasteiger partial charge in [-0.25, -0.2) is 4.98 Å². The molecule has 0 aromatic carbocycles. The fourth-order valence-corrected chi connectivity index (χ4v) is 4.07. The van der Waals surface area contributed by atoms with Crippen LogP contribution in [0.5, 0.6) is 0 Å². The molecular formula is C22H29N5O2. The van der Waals surface area contributed by atoms with Crippen LogP contribution in [-0.4, -0.2) is 49.9 Å². The van der Waals surface area contributed by atoms with E-state index < -0.39 is 5.54 Å². The Morgan fingerprint density at radius 2 is 2.07 bits per heavy atom. The van der Waals surface area contributed by atoms with Crippen molar-refractivity contribution in [1.82, 2.24) is 24.8 Å². The van der Waals surface area contributed by atoms with E-state index in [9.17, 15) is 9.59 Å². The molecule has 0 bridgehead atoms. The molecule has 0 aliphatic heterocycles. The SMILES string of the molecule is C=CCNC(=O)C1(N(CCCn2ccnc2)C(=O)c2cccnc2)CCCCC1. The van der Waals surface area contributed by atoms with Crippen LogP contribution < -0.4 is 5.32 Å². The minimum Gasteiger partial charge on any atom is -0.351 e. The third-order valence-electron chi connectivity index (χ3n) is 5.54. The number of rotatable bonds is 9. The van der Waals surface area contributed by atoms with E-state index in [1.54, 1.807) is 48.0 Å². The minimum absolute atomic E-state index is 0.0861. The highest BCUT2D eigenvalue weighted by molar-refractivity contribution is 5.99. The fourth-order valence-electron chi connectivity index (χ4n) is 4.07. The van der Waals surface area contributed by atoms with Gasteiger partial charge in [0.1, 0.15) is 5.54 Å². The van der Waals surface area contributed by atoms with Crippen molar-refractivity contribution in [3.05, 3.63) is 61.5 Å². The van der Waals surface area contributed by atoms with Crippen molar-refractivity contribution in [2.24, 2.45) is 0 Å². The van der Waals surface area contributed by atoms with Crippen molar-refractivity contribution in [1.29, 1.82) is 0 Å². The molecule has 0 spiro atoms. The van der Waals surface area contributed by atoms with E-state index in [1.807, 2.05) is 10.8 Å². The van der Waals surface area contributed by atoms with E-state index in [4.69, 9.17) is 0 Å². The average molecular weight is 396 g/mol. The van der Waals surface area contributed by atoms with Crippen molar-refractivity contribution in [2.75, 3.05) is 13.1 Å². The number of carbonyl (C=O) groups is 2. The predicted octanol–water partition coefficient (Wildman–Crippen LogP) is 2.82. The third-order valence-corrected chi connectivity index (χ3v) is 5.54. The van der Waals surface area contributed by atoms with Gasteiger partial charge in [-0.05, 0) is 31.4 Å². The summed E-state index contributed by atoms with van der Waals surface area (Å²) in [4.78, 5) is 36.7. The van der Waals surface area contributed by atoms with Gasteiger partial charge in [-0.3, -0.25) is 14.6 Å². The molecule has 1 aliphatic rings. The van der Waals surface area contributed by atoms with Crippen molar-refractivity contribution in [3.8, 4) is 0 Å². The number of hydrogen-bond donors (Lipinski definition) is 1. The first-order valence-electron chi connectivity index (χ1n) is 10.2. The maximum atomic E-state index is 13.5. The summed E-state index contributed by atoms with van der Waals surface area (Å²) in [6.07, 6.45) is 15.3. The van der Waals surface area contributed by atoms with Crippen molar-refractivity contribution in [2.45, 2.75) is 50.6 Å². The zero-order valence-electron chi connectivity index (χ0n) is 16.8. The average Bonchev–Trinajstić information content (AvgIpc) is 3.29. The van der Waals surface area contributed by atoms with E-state index >= 15 is 0 Å². The third kappa shape index (κ3) is 4.91. The second kappa shape index (κ2) is 10.0. The Balaban J connectivity index is 1.87. The quantitative estimate of drug-likeness (QED) is 0.662. The first-order chi connectivity index (χ1) is 14.2. The Labute approximate surface area is 171 Å². The van der Waals surface area contributed by atoms with E-state index in [0.717, 1.165) is 32.2 Å². The summed E-state index contributed by atoms with van der Waals surface area (Å²) < 4.78 is 1.98. The highest BCUT2D eigenvalue weighted by Gasteiger charge is 2.46. The number of aryl methyl sites for hydroxylation is 1. The van der Waals surface area contributed by atoms with E-state index in [0.29, 0.717) is 31.5 Å². The summed E-state index contributed by atoms with van der Waals surface area (Å²) in [6.45, 7) is 5.32. The lowest BCUT2D eigenvalue weighted by Crippen LogP contribution is -2.62. The van der Waals surface area contributed by atoms with Crippen LogP contribution in [0.15, 0.2) is 55.9 Å². The second-order valence-corrected chi connectivity index (χ2v) is 7.44. The van der Waals surface area contributed by atoms with Gasteiger partial charge in [0.15, 0.2) is 0 Å². The lowest BCUT2D eigenvalue weighted by atomic mass is 9.78. The number of carbonyl (C=O) groups excluding carboxylic acids is 2. The Bertz CT molecular complexity index is 798. The molecular weight excluding hydrogens is 366 g/mol. The molecule has 1 fully saturated rings. The molecule has 29 heavy (non-hydrogen) atoms. The van der Waals surface area contributed by atoms with E-state index in [-0.39, 0.29) is 11.8 Å². The predicted molar refractivity (Wildman–Crippen MR) is 111 cm³/mol. The van der Waals surface area contributed by atoms with Crippen LogP contribution in [0.25, 0.3) is 0 Å². The van der Waals surface area contributed by atoms with Crippen molar-refractivity contribution >= 4 is 11.8 Å². The van der Waals surface area contributed by atoms with Gasteiger partial charge in [-0.2, -0.15) is 0 Å². The Morgan fingerprint density at radius 3 is 2.72 bits per heavy atom. The van der Waals surface area contributed by atoms with Gasteiger partial charge < -0.3 is 14.8 Å². The lowest BCUT2D eigenvalue weighted by Gasteiger charge is -2.45. The topological polar surface area (TPSA) is 80.1 Å². The van der Waals surface area contributed by atoms with Gasteiger partial charge in [0.05, 0.1) is 11.9 Å². The number of imidazole rings is 1. The summed E-state index contributed by atoms with van der Waals surface area (Å²) in [6, 6.07) is 3.51. The summed E-state index contributed by atoms with van der Waals surface area (Å²) >= 11 is 0. The molecule has 2 amide bonds. The highest BCUT2D eigenvalue weighted by Crippen LogP contribution is 2.35. The largest absolute Gasteiger partial charge is 0.351 e.